The van der Waals surface area contributed by atoms with Gasteiger partial charge in [-0.2, -0.15) is 0 Å². The molecule has 2 N–H and O–H groups in total. The monoisotopic (exact) mass is 402 g/mol. The minimum Gasteiger partial charge on any atom is -0.381 e. The number of hydrogen-bond donors (Lipinski definition) is 2. The van der Waals surface area contributed by atoms with Crippen LogP contribution in [0.1, 0.15) is 50.4 Å². The Bertz CT molecular complexity index is 740. The van der Waals surface area contributed by atoms with E-state index in [1.807, 2.05) is 0 Å². The van der Waals surface area contributed by atoms with Crippen LogP contribution in [0.3, 0.4) is 0 Å². The molecular formula is C18H27ClN2O4S. The van der Waals surface area contributed by atoms with E-state index in [-0.39, 0.29) is 21.4 Å². The van der Waals surface area contributed by atoms with Crippen molar-refractivity contribution in [1.29, 1.82) is 0 Å². The molecule has 0 bridgehead atoms. The van der Waals surface area contributed by atoms with Crippen LogP contribution < -0.4 is 10.0 Å². The lowest BCUT2D eigenvalue weighted by Gasteiger charge is -2.21. The fourth-order valence-corrected chi connectivity index (χ4v) is 4.27. The average molecular weight is 403 g/mol. The smallest absolute Gasteiger partial charge is 0.251 e. The van der Waals surface area contributed by atoms with Crippen molar-refractivity contribution in [3.63, 3.8) is 0 Å². The first kappa shape index (κ1) is 21.2. The van der Waals surface area contributed by atoms with Crippen LogP contribution in [0.25, 0.3) is 0 Å². The first-order valence-electron chi connectivity index (χ1n) is 8.78. The van der Waals surface area contributed by atoms with E-state index in [2.05, 4.69) is 10.0 Å². The topological polar surface area (TPSA) is 84.5 Å². The van der Waals surface area contributed by atoms with Gasteiger partial charge in [-0.3, -0.25) is 4.79 Å². The largest absolute Gasteiger partial charge is 0.381 e. The van der Waals surface area contributed by atoms with E-state index in [1.54, 1.807) is 20.8 Å². The molecule has 0 aliphatic heterocycles. The molecule has 0 heterocycles. The van der Waals surface area contributed by atoms with Crippen LogP contribution in [0.4, 0.5) is 0 Å². The summed E-state index contributed by atoms with van der Waals surface area (Å²) in [4.78, 5) is 12.2. The van der Waals surface area contributed by atoms with Gasteiger partial charge in [0.2, 0.25) is 10.0 Å². The van der Waals surface area contributed by atoms with Crippen LogP contribution in [0.5, 0.6) is 0 Å². The lowest BCUT2D eigenvalue weighted by atomic mass is 10.1. The average Bonchev–Trinajstić information content (AvgIpc) is 3.32. The highest BCUT2D eigenvalue weighted by Crippen LogP contribution is 2.28. The highest BCUT2D eigenvalue weighted by Gasteiger charge is 2.25. The second-order valence-corrected chi connectivity index (χ2v) is 9.69. The summed E-state index contributed by atoms with van der Waals surface area (Å²) in [7, 11) is -3.82. The van der Waals surface area contributed by atoms with Crippen molar-refractivity contribution in [2.24, 2.45) is 5.92 Å². The number of rotatable bonds is 9. The molecule has 26 heavy (non-hydrogen) atoms. The molecule has 1 aliphatic carbocycles. The highest BCUT2D eigenvalue weighted by atomic mass is 35.5. The van der Waals surface area contributed by atoms with Crippen molar-refractivity contribution in [3.05, 3.63) is 28.8 Å². The van der Waals surface area contributed by atoms with Gasteiger partial charge in [0.1, 0.15) is 4.90 Å². The predicted octanol–water partition coefficient (Wildman–Crippen LogP) is 2.96. The second kappa shape index (κ2) is 8.69. The molecule has 8 heteroatoms. The van der Waals surface area contributed by atoms with Crippen LogP contribution in [0, 0.1) is 5.92 Å². The number of hydrogen-bond acceptors (Lipinski definition) is 4. The Morgan fingerprint density at radius 3 is 2.62 bits per heavy atom. The summed E-state index contributed by atoms with van der Waals surface area (Å²) in [6.07, 6.45) is 3.22. The number of carbonyl (C=O) groups is 1. The molecular weight excluding hydrogens is 376 g/mol. The van der Waals surface area contributed by atoms with E-state index in [9.17, 15) is 13.2 Å². The molecule has 0 unspecified atom stereocenters. The van der Waals surface area contributed by atoms with Gasteiger partial charge in [-0.1, -0.05) is 11.6 Å². The molecule has 0 saturated heterocycles. The summed E-state index contributed by atoms with van der Waals surface area (Å²) in [5.74, 6) is 0.386. The van der Waals surface area contributed by atoms with Crippen molar-refractivity contribution >= 4 is 27.5 Å². The third kappa shape index (κ3) is 6.87. The maximum absolute atomic E-state index is 12.5. The number of nitrogens with one attached hydrogen (secondary N) is 2. The van der Waals surface area contributed by atoms with Gasteiger partial charge in [0.05, 0.1) is 5.02 Å². The fraction of sp³-hybridized carbons (Fsp3) is 0.611. The lowest BCUT2D eigenvalue weighted by molar-refractivity contribution is 0.0937. The molecule has 1 aromatic carbocycles. The molecule has 2 rings (SSSR count). The summed E-state index contributed by atoms with van der Waals surface area (Å²) in [5, 5.41) is 2.85. The van der Waals surface area contributed by atoms with E-state index < -0.39 is 15.6 Å². The van der Waals surface area contributed by atoms with Gasteiger partial charge in [0, 0.05) is 30.9 Å². The number of amides is 1. The molecule has 0 atom stereocenters. The van der Waals surface area contributed by atoms with E-state index in [1.165, 1.54) is 31.0 Å². The van der Waals surface area contributed by atoms with Crippen molar-refractivity contribution < 1.29 is 17.9 Å². The molecule has 0 aromatic heterocycles. The molecule has 6 nitrogen and oxygen atoms in total. The van der Waals surface area contributed by atoms with Gasteiger partial charge in [0.25, 0.3) is 5.91 Å². The van der Waals surface area contributed by atoms with Crippen LogP contribution in [-0.2, 0) is 14.8 Å². The molecule has 1 fully saturated rings. The number of benzene rings is 1. The van der Waals surface area contributed by atoms with Gasteiger partial charge >= 0.3 is 0 Å². The zero-order valence-electron chi connectivity index (χ0n) is 15.5. The van der Waals surface area contributed by atoms with Gasteiger partial charge in [0.15, 0.2) is 0 Å². The van der Waals surface area contributed by atoms with Gasteiger partial charge < -0.3 is 10.1 Å². The van der Waals surface area contributed by atoms with Crippen LogP contribution in [-0.4, -0.2) is 39.6 Å². The van der Waals surface area contributed by atoms with E-state index in [0.717, 1.165) is 12.5 Å². The zero-order chi connectivity index (χ0) is 19.4. The van der Waals surface area contributed by atoms with Crippen molar-refractivity contribution in [3.8, 4) is 0 Å². The van der Waals surface area contributed by atoms with Gasteiger partial charge in [-0.05, 0) is 64.2 Å². The normalized spacial score (nSPS) is 15.1. The molecule has 1 amide bonds. The minimum absolute atomic E-state index is 0.0757. The Morgan fingerprint density at radius 1 is 1.31 bits per heavy atom. The number of halogens is 1. The summed E-state index contributed by atoms with van der Waals surface area (Å²) >= 11 is 6.04. The number of ether oxygens (including phenoxy) is 1. The van der Waals surface area contributed by atoms with E-state index >= 15 is 0 Å². The van der Waals surface area contributed by atoms with Crippen LogP contribution in [0.2, 0.25) is 5.02 Å². The third-order valence-electron chi connectivity index (χ3n) is 3.72. The molecule has 0 radical (unpaired) electrons. The Morgan fingerprint density at radius 2 is 2.00 bits per heavy atom. The van der Waals surface area contributed by atoms with Crippen molar-refractivity contribution in [2.45, 2.75) is 50.5 Å². The number of carbonyl (C=O) groups excluding carboxylic acids is 1. The SMILES string of the molecule is CC(C)(C)NS(=O)(=O)c1cc(C(=O)NCCCOCC2CC2)ccc1Cl. The fourth-order valence-electron chi connectivity index (χ4n) is 2.32. The maximum atomic E-state index is 12.5. The van der Waals surface area contributed by atoms with Crippen LogP contribution in [0.15, 0.2) is 23.1 Å². The highest BCUT2D eigenvalue weighted by molar-refractivity contribution is 7.89. The van der Waals surface area contributed by atoms with Crippen molar-refractivity contribution in [1.82, 2.24) is 10.0 Å². The summed E-state index contributed by atoms with van der Waals surface area (Å²) in [6.45, 7) is 7.08. The second-order valence-electron chi connectivity index (χ2n) is 7.63. The summed E-state index contributed by atoms with van der Waals surface area (Å²) in [6, 6.07) is 4.24. The standard InChI is InChI=1S/C18H27ClN2O4S/c1-18(2,3)21-26(23,24)16-11-14(7-8-15(16)19)17(22)20-9-4-10-25-12-13-5-6-13/h7-8,11,13,21H,4-6,9-10,12H2,1-3H3,(H,20,22). The Hall–Kier alpha value is -1.15. The van der Waals surface area contributed by atoms with Gasteiger partial charge in [-0.15, -0.1) is 0 Å². The molecule has 1 aliphatic rings. The first-order chi connectivity index (χ1) is 12.1. The first-order valence-corrected chi connectivity index (χ1v) is 10.6. The summed E-state index contributed by atoms with van der Waals surface area (Å²) < 4.78 is 33.0. The minimum atomic E-state index is -3.82. The number of sulfonamides is 1. The molecule has 146 valence electrons. The van der Waals surface area contributed by atoms with Crippen molar-refractivity contribution in [2.75, 3.05) is 19.8 Å². The molecule has 0 spiro atoms. The summed E-state index contributed by atoms with van der Waals surface area (Å²) in [5.41, 5.74) is -0.400. The van der Waals surface area contributed by atoms with E-state index in [4.69, 9.17) is 16.3 Å². The Balaban J connectivity index is 1.93. The predicted molar refractivity (Wildman–Crippen MR) is 102 cm³/mol. The quantitative estimate of drug-likeness (QED) is 0.622. The Labute approximate surface area is 160 Å². The van der Waals surface area contributed by atoms with Gasteiger partial charge in [-0.25, -0.2) is 13.1 Å². The molecule has 1 saturated carbocycles. The van der Waals surface area contributed by atoms with E-state index in [0.29, 0.717) is 19.6 Å². The Kier molecular flexibility index (Phi) is 7.07. The zero-order valence-corrected chi connectivity index (χ0v) is 17.0. The third-order valence-corrected chi connectivity index (χ3v) is 5.96. The van der Waals surface area contributed by atoms with Crippen LogP contribution >= 0.6 is 11.6 Å². The maximum Gasteiger partial charge on any atom is 0.251 e. The lowest BCUT2D eigenvalue weighted by Crippen LogP contribution is -2.40. The molecule has 1 aromatic rings.